The molecule has 1 heterocycles. The second-order valence-corrected chi connectivity index (χ2v) is 3.92. The molecule has 0 fully saturated rings. The smallest absolute Gasteiger partial charge is 0.141 e. The highest BCUT2D eigenvalue weighted by Gasteiger charge is 2.10. The molecule has 17 heavy (non-hydrogen) atoms. The van der Waals surface area contributed by atoms with Gasteiger partial charge in [0.05, 0.1) is 19.2 Å². The van der Waals surface area contributed by atoms with E-state index in [4.69, 9.17) is 9.47 Å². The van der Waals surface area contributed by atoms with Gasteiger partial charge >= 0.3 is 0 Å². The van der Waals surface area contributed by atoms with Crippen LogP contribution in [0, 0.1) is 0 Å². The van der Waals surface area contributed by atoms with Gasteiger partial charge in [0.15, 0.2) is 0 Å². The van der Waals surface area contributed by atoms with Gasteiger partial charge in [0.25, 0.3) is 0 Å². The summed E-state index contributed by atoms with van der Waals surface area (Å²) >= 11 is 0. The Morgan fingerprint density at radius 1 is 1.35 bits per heavy atom. The summed E-state index contributed by atoms with van der Waals surface area (Å²) in [6, 6.07) is 0.302. The molecule has 0 aromatic carbocycles. The zero-order valence-corrected chi connectivity index (χ0v) is 10.8. The van der Waals surface area contributed by atoms with Crippen molar-refractivity contribution in [2.45, 2.75) is 25.9 Å². The molecule has 6 heteroatoms. The van der Waals surface area contributed by atoms with E-state index in [1.165, 1.54) is 0 Å². The lowest BCUT2D eigenvalue weighted by molar-refractivity contribution is 0.177. The van der Waals surface area contributed by atoms with Crippen molar-refractivity contribution in [1.82, 2.24) is 20.1 Å². The molecule has 6 nitrogen and oxygen atoms in total. The fraction of sp³-hybridized carbons (Fsp3) is 0.818. The molecule has 0 amide bonds. The maximum Gasteiger partial charge on any atom is 0.141 e. The maximum absolute atomic E-state index is 5.07. The van der Waals surface area contributed by atoms with Gasteiger partial charge in [0.1, 0.15) is 12.2 Å². The van der Waals surface area contributed by atoms with Crippen LogP contribution in [0.4, 0.5) is 0 Å². The molecule has 0 saturated carbocycles. The molecule has 1 atom stereocenters. The number of nitrogens with zero attached hydrogens (tertiary/aromatic N) is 3. The van der Waals surface area contributed by atoms with Crippen LogP contribution in [-0.4, -0.2) is 48.7 Å². The van der Waals surface area contributed by atoms with Crippen LogP contribution in [0.2, 0.25) is 0 Å². The van der Waals surface area contributed by atoms with Crippen LogP contribution < -0.4 is 5.32 Å². The Morgan fingerprint density at radius 2 is 2.12 bits per heavy atom. The largest absolute Gasteiger partial charge is 0.385 e. The fourth-order valence-electron chi connectivity index (χ4n) is 1.55. The Bertz CT molecular complexity index is 303. The topological polar surface area (TPSA) is 61.2 Å². The van der Waals surface area contributed by atoms with Gasteiger partial charge in [0, 0.05) is 27.4 Å². The highest BCUT2D eigenvalue weighted by atomic mass is 16.5. The summed E-state index contributed by atoms with van der Waals surface area (Å²) in [5, 5.41) is 7.51. The Morgan fingerprint density at radius 3 is 2.82 bits per heavy atom. The average molecular weight is 242 g/mol. The molecule has 0 radical (unpaired) electrons. The van der Waals surface area contributed by atoms with E-state index in [1.807, 2.05) is 4.68 Å². The van der Waals surface area contributed by atoms with Crippen LogP contribution in [0.5, 0.6) is 0 Å². The lowest BCUT2D eigenvalue weighted by atomic mass is 10.2. The van der Waals surface area contributed by atoms with Gasteiger partial charge in [-0.2, -0.15) is 5.10 Å². The monoisotopic (exact) mass is 242 g/mol. The van der Waals surface area contributed by atoms with E-state index in [2.05, 4.69) is 22.3 Å². The molecule has 0 saturated heterocycles. The first-order valence-corrected chi connectivity index (χ1v) is 5.86. The zero-order chi connectivity index (χ0) is 12.5. The standard InChI is InChI=1S/C11H22N4O2/c1-10(4-6-16-2)15-11(13-9-14-15)8-12-5-7-17-3/h9-10,12H,4-8H2,1-3H3. The summed E-state index contributed by atoms with van der Waals surface area (Å²) in [6.45, 7) is 5.08. The van der Waals surface area contributed by atoms with E-state index < -0.39 is 0 Å². The van der Waals surface area contributed by atoms with Crippen LogP contribution in [0.15, 0.2) is 6.33 Å². The molecule has 1 rings (SSSR count). The van der Waals surface area contributed by atoms with Gasteiger partial charge in [-0.1, -0.05) is 0 Å². The number of hydrogen-bond acceptors (Lipinski definition) is 5. The number of methoxy groups -OCH3 is 2. The molecule has 1 aromatic rings. The summed E-state index contributed by atoms with van der Waals surface area (Å²) in [5.41, 5.74) is 0. The molecule has 0 spiro atoms. The normalized spacial score (nSPS) is 12.9. The summed E-state index contributed by atoms with van der Waals surface area (Å²) < 4.78 is 12.0. The van der Waals surface area contributed by atoms with Crippen molar-refractivity contribution in [2.75, 3.05) is 34.0 Å². The van der Waals surface area contributed by atoms with Crippen molar-refractivity contribution in [3.8, 4) is 0 Å². The molecule has 0 aliphatic rings. The molecule has 0 aliphatic carbocycles. The number of rotatable bonds is 9. The summed E-state index contributed by atoms with van der Waals surface area (Å²) in [4.78, 5) is 4.25. The molecular formula is C11H22N4O2. The average Bonchev–Trinajstić information content (AvgIpc) is 2.80. The summed E-state index contributed by atoms with van der Waals surface area (Å²) in [7, 11) is 3.40. The summed E-state index contributed by atoms with van der Waals surface area (Å²) in [5.74, 6) is 0.949. The van der Waals surface area contributed by atoms with Crippen LogP contribution in [-0.2, 0) is 16.0 Å². The van der Waals surface area contributed by atoms with Crippen molar-refractivity contribution >= 4 is 0 Å². The van der Waals surface area contributed by atoms with Gasteiger partial charge in [0.2, 0.25) is 0 Å². The minimum absolute atomic E-state index is 0.302. The third-order valence-electron chi connectivity index (χ3n) is 2.57. The second kappa shape index (κ2) is 8.16. The molecule has 1 N–H and O–H groups in total. The van der Waals surface area contributed by atoms with Crippen molar-refractivity contribution in [3.63, 3.8) is 0 Å². The van der Waals surface area contributed by atoms with E-state index in [0.717, 1.165) is 25.4 Å². The molecule has 0 bridgehead atoms. The SMILES string of the molecule is COCCNCc1ncnn1C(C)CCOC. The van der Waals surface area contributed by atoms with Crippen LogP contribution in [0.25, 0.3) is 0 Å². The van der Waals surface area contributed by atoms with Crippen LogP contribution >= 0.6 is 0 Å². The number of hydrogen-bond donors (Lipinski definition) is 1. The second-order valence-electron chi connectivity index (χ2n) is 3.92. The lowest BCUT2D eigenvalue weighted by Crippen LogP contribution is -2.22. The van der Waals surface area contributed by atoms with Crippen molar-refractivity contribution in [3.05, 3.63) is 12.2 Å². The highest BCUT2D eigenvalue weighted by molar-refractivity contribution is 4.86. The van der Waals surface area contributed by atoms with E-state index in [-0.39, 0.29) is 0 Å². The fourth-order valence-corrected chi connectivity index (χ4v) is 1.55. The predicted octanol–water partition coefficient (Wildman–Crippen LogP) is 0.612. The van der Waals surface area contributed by atoms with Gasteiger partial charge < -0.3 is 14.8 Å². The van der Waals surface area contributed by atoms with Gasteiger partial charge in [-0.05, 0) is 13.3 Å². The third-order valence-corrected chi connectivity index (χ3v) is 2.57. The van der Waals surface area contributed by atoms with Crippen molar-refractivity contribution < 1.29 is 9.47 Å². The molecule has 98 valence electrons. The lowest BCUT2D eigenvalue weighted by Gasteiger charge is -2.14. The maximum atomic E-state index is 5.07. The minimum Gasteiger partial charge on any atom is -0.385 e. The van der Waals surface area contributed by atoms with E-state index in [0.29, 0.717) is 19.2 Å². The Hall–Kier alpha value is -0.980. The summed E-state index contributed by atoms with van der Waals surface area (Å²) in [6.07, 6.45) is 2.53. The Kier molecular flexibility index (Phi) is 6.76. The Balaban J connectivity index is 2.41. The van der Waals surface area contributed by atoms with Crippen LogP contribution in [0.3, 0.4) is 0 Å². The quantitative estimate of drug-likeness (QED) is 0.643. The predicted molar refractivity (Wildman–Crippen MR) is 64.8 cm³/mol. The molecule has 1 unspecified atom stereocenters. The van der Waals surface area contributed by atoms with Crippen LogP contribution in [0.1, 0.15) is 25.2 Å². The molecule has 1 aromatic heterocycles. The van der Waals surface area contributed by atoms with Crippen molar-refractivity contribution in [2.24, 2.45) is 0 Å². The van der Waals surface area contributed by atoms with Gasteiger partial charge in [-0.25, -0.2) is 9.67 Å². The molecule has 0 aliphatic heterocycles. The minimum atomic E-state index is 0.302. The number of nitrogens with one attached hydrogen (secondary N) is 1. The zero-order valence-electron chi connectivity index (χ0n) is 10.8. The highest BCUT2D eigenvalue weighted by Crippen LogP contribution is 2.10. The Labute approximate surface area is 102 Å². The third kappa shape index (κ3) is 4.80. The van der Waals surface area contributed by atoms with E-state index in [9.17, 15) is 0 Å². The first kappa shape index (κ1) is 14.1. The van der Waals surface area contributed by atoms with Crippen molar-refractivity contribution in [1.29, 1.82) is 0 Å². The van der Waals surface area contributed by atoms with E-state index in [1.54, 1.807) is 20.5 Å². The molecular weight excluding hydrogens is 220 g/mol. The van der Waals surface area contributed by atoms with Gasteiger partial charge in [-0.15, -0.1) is 0 Å². The first-order valence-electron chi connectivity index (χ1n) is 5.86. The van der Waals surface area contributed by atoms with Gasteiger partial charge in [-0.3, -0.25) is 0 Å². The number of aromatic nitrogens is 3. The number of ether oxygens (including phenoxy) is 2. The van der Waals surface area contributed by atoms with E-state index >= 15 is 0 Å². The first-order chi connectivity index (χ1) is 8.29.